The van der Waals surface area contributed by atoms with Gasteiger partial charge >= 0.3 is 0 Å². The molecule has 1 unspecified atom stereocenters. The average Bonchev–Trinajstić information content (AvgIpc) is 3.01. The van der Waals surface area contributed by atoms with E-state index >= 15 is 0 Å². The normalized spacial score (nSPS) is 12.7. The lowest BCUT2D eigenvalue weighted by molar-refractivity contribution is 0.269. The van der Waals surface area contributed by atoms with Gasteiger partial charge in [-0.3, -0.25) is 4.90 Å². The maximum Gasteiger partial charge on any atom is 0.137 e. The van der Waals surface area contributed by atoms with E-state index in [2.05, 4.69) is 20.2 Å². The Morgan fingerprint density at radius 3 is 2.86 bits per heavy atom. The molecule has 22 heavy (non-hydrogen) atoms. The quantitative estimate of drug-likeness (QED) is 0.779. The fourth-order valence-electron chi connectivity index (χ4n) is 2.38. The topological polar surface area (TPSA) is 54.2 Å². The van der Waals surface area contributed by atoms with E-state index < -0.39 is 0 Å². The Labute approximate surface area is 133 Å². The van der Waals surface area contributed by atoms with Gasteiger partial charge in [0.25, 0.3) is 0 Å². The van der Waals surface area contributed by atoms with Crippen LogP contribution in [0.3, 0.4) is 0 Å². The number of nitrogens with zero attached hydrogens (tertiary/aromatic N) is 3. The molecule has 1 aromatic carbocycles. The van der Waals surface area contributed by atoms with Crippen LogP contribution in [0.5, 0.6) is 0 Å². The van der Waals surface area contributed by atoms with Gasteiger partial charge in [0, 0.05) is 17.0 Å². The molecule has 0 fully saturated rings. The molecule has 0 aliphatic heterocycles. The number of anilines is 1. The van der Waals surface area contributed by atoms with Crippen LogP contribution in [-0.4, -0.2) is 35.5 Å². The van der Waals surface area contributed by atoms with Gasteiger partial charge in [0.15, 0.2) is 0 Å². The van der Waals surface area contributed by atoms with Gasteiger partial charge in [-0.2, -0.15) is 0 Å². The maximum absolute atomic E-state index is 6.01. The number of likely N-dealkylation sites (N-methyl/N-ethyl adjacent to an activating group) is 1. The molecular weight excluding hydrogens is 300 g/mol. The molecule has 0 saturated carbocycles. The molecule has 5 nitrogen and oxygen atoms in total. The molecule has 0 bridgehead atoms. The SMILES string of the molecule is CN(C)C(CNc1ncnc2cc(Cl)ccc12)c1ccco1. The molecule has 6 heteroatoms. The summed E-state index contributed by atoms with van der Waals surface area (Å²) in [6.07, 6.45) is 3.23. The fraction of sp³-hybridized carbons (Fsp3) is 0.250. The van der Waals surface area contributed by atoms with Crippen LogP contribution >= 0.6 is 11.6 Å². The summed E-state index contributed by atoms with van der Waals surface area (Å²) in [4.78, 5) is 10.7. The van der Waals surface area contributed by atoms with Crippen molar-refractivity contribution in [3.8, 4) is 0 Å². The van der Waals surface area contributed by atoms with E-state index in [0.717, 1.165) is 22.5 Å². The summed E-state index contributed by atoms with van der Waals surface area (Å²) < 4.78 is 5.52. The van der Waals surface area contributed by atoms with Crippen molar-refractivity contribution in [2.75, 3.05) is 26.0 Å². The molecule has 1 atom stereocenters. The smallest absolute Gasteiger partial charge is 0.137 e. The van der Waals surface area contributed by atoms with Crippen molar-refractivity contribution >= 4 is 28.3 Å². The Kier molecular flexibility index (Phi) is 4.27. The maximum atomic E-state index is 6.01. The lowest BCUT2D eigenvalue weighted by atomic mass is 10.2. The van der Waals surface area contributed by atoms with Gasteiger partial charge < -0.3 is 9.73 Å². The molecule has 0 aliphatic carbocycles. The van der Waals surface area contributed by atoms with Gasteiger partial charge in [-0.05, 0) is 44.4 Å². The van der Waals surface area contributed by atoms with Crippen molar-refractivity contribution in [2.24, 2.45) is 0 Å². The zero-order valence-electron chi connectivity index (χ0n) is 12.5. The second-order valence-electron chi connectivity index (χ2n) is 5.26. The highest BCUT2D eigenvalue weighted by atomic mass is 35.5. The highest BCUT2D eigenvalue weighted by molar-refractivity contribution is 6.31. The largest absolute Gasteiger partial charge is 0.468 e. The Morgan fingerprint density at radius 2 is 2.14 bits per heavy atom. The van der Waals surface area contributed by atoms with Crippen LogP contribution in [0.4, 0.5) is 5.82 Å². The van der Waals surface area contributed by atoms with Gasteiger partial charge in [0.05, 0.1) is 17.8 Å². The molecule has 2 aromatic heterocycles. The van der Waals surface area contributed by atoms with Crippen LogP contribution in [0.15, 0.2) is 47.3 Å². The van der Waals surface area contributed by atoms with E-state index in [1.165, 1.54) is 0 Å². The van der Waals surface area contributed by atoms with E-state index in [-0.39, 0.29) is 6.04 Å². The molecule has 0 spiro atoms. The van der Waals surface area contributed by atoms with Gasteiger partial charge in [0.1, 0.15) is 17.9 Å². The van der Waals surface area contributed by atoms with Crippen molar-refractivity contribution in [2.45, 2.75) is 6.04 Å². The van der Waals surface area contributed by atoms with Gasteiger partial charge in [-0.25, -0.2) is 9.97 Å². The van der Waals surface area contributed by atoms with Crippen LogP contribution in [0.2, 0.25) is 5.02 Å². The lowest BCUT2D eigenvalue weighted by Gasteiger charge is -2.23. The second-order valence-corrected chi connectivity index (χ2v) is 5.70. The number of hydrogen-bond donors (Lipinski definition) is 1. The minimum absolute atomic E-state index is 0.118. The van der Waals surface area contributed by atoms with Crippen LogP contribution < -0.4 is 5.32 Å². The predicted molar refractivity (Wildman–Crippen MR) is 88.2 cm³/mol. The first kappa shape index (κ1) is 14.8. The van der Waals surface area contributed by atoms with Crippen molar-refractivity contribution < 1.29 is 4.42 Å². The van der Waals surface area contributed by atoms with E-state index in [1.54, 1.807) is 12.6 Å². The van der Waals surface area contributed by atoms with Crippen LogP contribution in [0.1, 0.15) is 11.8 Å². The first-order valence-corrected chi connectivity index (χ1v) is 7.37. The second kappa shape index (κ2) is 6.34. The van der Waals surface area contributed by atoms with Gasteiger partial charge in [0.2, 0.25) is 0 Å². The van der Waals surface area contributed by atoms with Crippen LogP contribution in [-0.2, 0) is 0 Å². The summed E-state index contributed by atoms with van der Waals surface area (Å²) >= 11 is 6.01. The molecule has 0 amide bonds. The molecule has 2 heterocycles. The Balaban J connectivity index is 1.84. The van der Waals surface area contributed by atoms with Crippen LogP contribution in [0.25, 0.3) is 10.9 Å². The van der Waals surface area contributed by atoms with E-state index in [1.807, 2.05) is 44.4 Å². The number of aromatic nitrogens is 2. The number of nitrogens with one attached hydrogen (secondary N) is 1. The zero-order valence-corrected chi connectivity index (χ0v) is 13.2. The molecular formula is C16H17ClN4O. The Hall–Kier alpha value is -2.11. The van der Waals surface area contributed by atoms with Gasteiger partial charge in [-0.15, -0.1) is 0 Å². The number of hydrogen-bond acceptors (Lipinski definition) is 5. The molecule has 0 radical (unpaired) electrons. The predicted octanol–water partition coefficient (Wildman–Crippen LogP) is 3.59. The van der Waals surface area contributed by atoms with Crippen LogP contribution in [0, 0.1) is 0 Å². The molecule has 3 rings (SSSR count). The summed E-state index contributed by atoms with van der Waals surface area (Å²) in [6.45, 7) is 0.676. The third kappa shape index (κ3) is 3.05. The summed E-state index contributed by atoms with van der Waals surface area (Å²) in [7, 11) is 4.04. The summed E-state index contributed by atoms with van der Waals surface area (Å²) in [6, 6.07) is 9.59. The van der Waals surface area contributed by atoms with Crippen molar-refractivity contribution in [3.63, 3.8) is 0 Å². The Morgan fingerprint density at radius 1 is 1.27 bits per heavy atom. The van der Waals surface area contributed by atoms with E-state index in [0.29, 0.717) is 11.6 Å². The molecule has 1 N–H and O–H groups in total. The van der Waals surface area contributed by atoms with E-state index in [9.17, 15) is 0 Å². The minimum Gasteiger partial charge on any atom is -0.468 e. The first-order chi connectivity index (χ1) is 10.6. The van der Waals surface area contributed by atoms with Crippen molar-refractivity contribution in [1.29, 1.82) is 0 Å². The lowest BCUT2D eigenvalue weighted by Crippen LogP contribution is -2.26. The molecule has 0 saturated heterocycles. The first-order valence-electron chi connectivity index (χ1n) is 6.99. The highest BCUT2D eigenvalue weighted by Gasteiger charge is 2.17. The zero-order chi connectivity index (χ0) is 15.5. The third-order valence-corrected chi connectivity index (χ3v) is 3.79. The van der Waals surface area contributed by atoms with Crippen molar-refractivity contribution in [1.82, 2.24) is 14.9 Å². The molecule has 3 aromatic rings. The number of halogens is 1. The Bertz CT molecular complexity index is 758. The fourth-order valence-corrected chi connectivity index (χ4v) is 2.55. The third-order valence-electron chi connectivity index (χ3n) is 3.56. The highest BCUT2D eigenvalue weighted by Crippen LogP contribution is 2.24. The number of rotatable bonds is 5. The van der Waals surface area contributed by atoms with E-state index in [4.69, 9.17) is 16.0 Å². The molecule has 114 valence electrons. The minimum atomic E-state index is 0.118. The standard InChI is InChI=1S/C16H17ClN4O/c1-21(2)14(15-4-3-7-22-15)9-18-16-12-6-5-11(17)8-13(12)19-10-20-16/h3-8,10,14H,9H2,1-2H3,(H,18,19,20). The number of benzene rings is 1. The summed E-state index contributed by atoms with van der Waals surface area (Å²) in [5.74, 6) is 1.71. The number of fused-ring (bicyclic) bond motifs is 1. The molecule has 0 aliphatic rings. The summed E-state index contributed by atoms with van der Waals surface area (Å²) in [5.41, 5.74) is 0.824. The van der Waals surface area contributed by atoms with Crippen molar-refractivity contribution in [3.05, 3.63) is 53.7 Å². The summed E-state index contributed by atoms with van der Waals surface area (Å²) in [5, 5.41) is 4.99. The average molecular weight is 317 g/mol. The monoisotopic (exact) mass is 316 g/mol. The van der Waals surface area contributed by atoms with Gasteiger partial charge in [-0.1, -0.05) is 11.6 Å². The number of furan rings is 1.